The summed E-state index contributed by atoms with van der Waals surface area (Å²) in [6.45, 7) is 1.45. The maximum Gasteiger partial charge on any atom is 0.310 e. The van der Waals surface area contributed by atoms with Gasteiger partial charge in [-0.05, 0) is 44.0 Å². The number of rotatable bonds is 5. The standard InChI is InChI=1S/C15H18ClNO5S/c1-11(18)10-22-15(19)12-3-2-8-17(9-12)23(20,21)14-6-4-13(16)5-7-14/h4-7,12H,2-3,8-10H2,1H3. The minimum Gasteiger partial charge on any atom is -0.457 e. The topological polar surface area (TPSA) is 80.8 Å². The van der Waals surface area contributed by atoms with Crippen molar-refractivity contribution in [3.8, 4) is 0 Å². The van der Waals surface area contributed by atoms with Gasteiger partial charge in [0.25, 0.3) is 0 Å². The van der Waals surface area contributed by atoms with E-state index in [9.17, 15) is 18.0 Å². The van der Waals surface area contributed by atoms with E-state index >= 15 is 0 Å². The van der Waals surface area contributed by atoms with E-state index in [2.05, 4.69) is 0 Å². The molecular weight excluding hydrogens is 342 g/mol. The number of ketones is 1. The summed E-state index contributed by atoms with van der Waals surface area (Å²) < 4.78 is 31.4. The average Bonchev–Trinajstić information content (AvgIpc) is 2.53. The Labute approximate surface area is 140 Å². The number of halogens is 1. The number of carbonyl (C=O) groups excluding carboxylic acids is 2. The van der Waals surface area contributed by atoms with Crippen LogP contribution < -0.4 is 0 Å². The highest BCUT2D eigenvalue weighted by Gasteiger charge is 2.34. The number of sulfonamides is 1. The van der Waals surface area contributed by atoms with Crippen molar-refractivity contribution in [2.75, 3.05) is 19.7 Å². The first-order chi connectivity index (χ1) is 10.8. The van der Waals surface area contributed by atoms with Crippen LogP contribution >= 0.6 is 11.6 Å². The van der Waals surface area contributed by atoms with Crippen molar-refractivity contribution in [2.45, 2.75) is 24.7 Å². The first-order valence-electron chi connectivity index (χ1n) is 7.22. The average molecular weight is 360 g/mol. The highest BCUT2D eigenvalue weighted by molar-refractivity contribution is 7.89. The fourth-order valence-electron chi connectivity index (χ4n) is 2.40. The van der Waals surface area contributed by atoms with Crippen molar-refractivity contribution in [3.63, 3.8) is 0 Å². The Morgan fingerprint density at radius 2 is 1.96 bits per heavy atom. The highest BCUT2D eigenvalue weighted by atomic mass is 35.5. The van der Waals surface area contributed by atoms with Crippen LogP contribution in [0.25, 0.3) is 0 Å². The SMILES string of the molecule is CC(=O)COC(=O)C1CCCN(S(=O)(=O)c2ccc(Cl)cc2)C1. The van der Waals surface area contributed by atoms with E-state index < -0.39 is 21.9 Å². The summed E-state index contributed by atoms with van der Waals surface area (Å²) in [5, 5.41) is 0.452. The molecule has 2 rings (SSSR count). The third-order valence-electron chi connectivity index (χ3n) is 3.59. The molecule has 1 saturated heterocycles. The van der Waals surface area contributed by atoms with E-state index in [0.717, 1.165) is 0 Å². The normalized spacial score (nSPS) is 19.3. The molecule has 1 fully saturated rings. The van der Waals surface area contributed by atoms with Crippen LogP contribution in [0.4, 0.5) is 0 Å². The second-order valence-corrected chi connectivity index (χ2v) is 7.84. The number of piperidine rings is 1. The molecule has 1 aromatic rings. The minimum absolute atomic E-state index is 0.0572. The molecule has 23 heavy (non-hydrogen) atoms. The number of nitrogens with zero attached hydrogens (tertiary/aromatic N) is 1. The van der Waals surface area contributed by atoms with Gasteiger partial charge in [0.15, 0.2) is 5.78 Å². The van der Waals surface area contributed by atoms with Gasteiger partial charge >= 0.3 is 5.97 Å². The van der Waals surface area contributed by atoms with Gasteiger partial charge in [-0.1, -0.05) is 11.6 Å². The van der Waals surface area contributed by atoms with Gasteiger partial charge in [0.05, 0.1) is 10.8 Å². The number of Topliss-reactive ketones (excluding diaryl/α,β-unsaturated/α-hetero) is 1. The summed E-state index contributed by atoms with van der Waals surface area (Å²) in [4.78, 5) is 23.0. The number of benzene rings is 1. The molecular formula is C15H18ClNO5S. The molecule has 0 radical (unpaired) electrons. The molecule has 126 valence electrons. The Morgan fingerprint density at radius 1 is 1.30 bits per heavy atom. The van der Waals surface area contributed by atoms with Crippen molar-refractivity contribution < 1.29 is 22.7 Å². The van der Waals surface area contributed by atoms with Crippen LogP contribution in [0.15, 0.2) is 29.2 Å². The fraction of sp³-hybridized carbons (Fsp3) is 0.467. The lowest BCUT2D eigenvalue weighted by molar-refractivity contribution is -0.152. The smallest absolute Gasteiger partial charge is 0.310 e. The predicted octanol–water partition coefficient (Wildman–Crippen LogP) is 1.87. The molecule has 0 aliphatic carbocycles. The fourth-order valence-corrected chi connectivity index (χ4v) is 4.05. The quantitative estimate of drug-likeness (QED) is 0.750. The lowest BCUT2D eigenvalue weighted by Gasteiger charge is -2.30. The van der Waals surface area contributed by atoms with Gasteiger partial charge < -0.3 is 4.74 Å². The zero-order valence-corrected chi connectivity index (χ0v) is 14.3. The van der Waals surface area contributed by atoms with Crippen LogP contribution in [0.2, 0.25) is 5.02 Å². The first-order valence-corrected chi connectivity index (χ1v) is 9.04. The van der Waals surface area contributed by atoms with Crippen molar-refractivity contribution in [1.29, 1.82) is 0 Å². The van der Waals surface area contributed by atoms with Crippen molar-refractivity contribution >= 4 is 33.4 Å². The summed E-state index contributed by atoms with van der Waals surface area (Å²) in [7, 11) is -3.68. The Bertz CT molecular complexity index is 686. The zero-order valence-electron chi connectivity index (χ0n) is 12.7. The number of ether oxygens (including phenoxy) is 1. The molecule has 1 aromatic carbocycles. The molecule has 1 aliphatic rings. The van der Waals surface area contributed by atoms with Crippen molar-refractivity contribution in [2.24, 2.45) is 5.92 Å². The number of esters is 1. The summed E-state index contributed by atoms with van der Waals surface area (Å²) >= 11 is 5.78. The molecule has 0 spiro atoms. The van der Waals surface area contributed by atoms with Gasteiger partial charge in [0.1, 0.15) is 6.61 Å². The van der Waals surface area contributed by atoms with Crippen LogP contribution in [0.3, 0.4) is 0 Å². The molecule has 1 atom stereocenters. The Kier molecular flexibility index (Phi) is 5.78. The lowest BCUT2D eigenvalue weighted by atomic mass is 10.00. The summed E-state index contributed by atoms with van der Waals surface area (Å²) in [5.41, 5.74) is 0. The minimum atomic E-state index is -3.68. The molecule has 0 saturated carbocycles. The van der Waals surface area contributed by atoms with Crippen LogP contribution in [0.1, 0.15) is 19.8 Å². The number of hydrogen-bond donors (Lipinski definition) is 0. The second kappa shape index (κ2) is 7.42. The van der Waals surface area contributed by atoms with E-state index in [1.54, 1.807) is 0 Å². The van der Waals surface area contributed by atoms with Crippen molar-refractivity contribution in [1.82, 2.24) is 4.31 Å². The monoisotopic (exact) mass is 359 g/mol. The van der Waals surface area contributed by atoms with E-state index in [1.165, 1.54) is 35.5 Å². The molecule has 6 nitrogen and oxygen atoms in total. The highest BCUT2D eigenvalue weighted by Crippen LogP contribution is 2.25. The zero-order chi connectivity index (χ0) is 17.0. The van der Waals surface area contributed by atoms with Crippen LogP contribution in [-0.2, 0) is 24.3 Å². The molecule has 8 heteroatoms. The van der Waals surface area contributed by atoms with Gasteiger partial charge in [-0.15, -0.1) is 0 Å². The largest absolute Gasteiger partial charge is 0.457 e. The number of carbonyl (C=O) groups is 2. The van der Waals surface area contributed by atoms with Gasteiger partial charge in [-0.25, -0.2) is 8.42 Å². The Balaban J connectivity index is 2.09. The summed E-state index contributed by atoms with van der Waals surface area (Å²) in [6, 6.07) is 5.90. The van der Waals surface area contributed by atoms with Gasteiger partial charge in [0.2, 0.25) is 10.0 Å². The molecule has 0 bridgehead atoms. The summed E-state index contributed by atoms with van der Waals surface area (Å²) in [5.74, 6) is -1.33. The van der Waals surface area contributed by atoms with Crippen molar-refractivity contribution in [3.05, 3.63) is 29.3 Å². The maximum absolute atomic E-state index is 12.6. The second-order valence-electron chi connectivity index (χ2n) is 5.47. The molecule has 0 N–H and O–H groups in total. The first kappa shape index (κ1) is 17.9. The van der Waals surface area contributed by atoms with Crippen LogP contribution in [0, 0.1) is 5.92 Å². The van der Waals surface area contributed by atoms with E-state index in [4.69, 9.17) is 16.3 Å². The molecule has 1 heterocycles. The third kappa shape index (κ3) is 4.53. The van der Waals surface area contributed by atoms with Gasteiger partial charge in [0, 0.05) is 18.1 Å². The van der Waals surface area contributed by atoms with E-state index in [1.807, 2.05) is 0 Å². The maximum atomic E-state index is 12.6. The van der Waals surface area contributed by atoms with Gasteiger partial charge in [-0.3, -0.25) is 9.59 Å². The molecule has 0 amide bonds. The third-order valence-corrected chi connectivity index (χ3v) is 5.72. The Morgan fingerprint density at radius 3 is 2.57 bits per heavy atom. The predicted molar refractivity (Wildman–Crippen MR) is 84.6 cm³/mol. The molecule has 0 aromatic heterocycles. The van der Waals surface area contributed by atoms with E-state index in [-0.39, 0.29) is 23.8 Å². The summed E-state index contributed by atoms with van der Waals surface area (Å²) in [6.07, 6.45) is 1.11. The Hall–Kier alpha value is -1.44. The molecule has 1 aliphatic heterocycles. The van der Waals surface area contributed by atoms with Crippen LogP contribution in [0.5, 0.6) is 0 Å². The van der Waals surface area contributed by atoms with E-state index in [0.29, 0.717) is 24.4 Å². The lowest BCUT2D eigenvalue weighted by Crippen LogP contribution is -2.42. The molecule has 1 unspecified atom stereocenters. The number of hydrogen-bond acceptors (Lipinski definition) is 5. The van der Waals surface area contributed by atoms with Crippen LogP contribution in [-0.4, -0.2) is 44.2 Å². The van der Waals surface area contributed by atoms with Gasteiger partial charge in [-0.2, -0.15) is 4.31 Å².